The highest BCUT2D eigenvalue weighted by Crippen LogP contribution is 2.08. The summed E-state index contributed by atoms with van der Waals surface area (Å²) in [5.74, 6) is 6.85. The van der Waals surface area contributed by atoms with Gasteiger partial charge in [0.05, 0.1) is 24.2 Å². The molecule has 0 aliphatic carbocycles. The molecule has 5 nitrogen and oxygen atoms in total. The van der Waals surface area contributed by atoms with Gasteiger partial charge in [0, 0.05) is 12.4 Å². The van der Waals surface area contributed by atoms with Crippen LogP contribution in [0.2, 0.25) is 0 Å². The number of pyridine rings is 1. The van der Waals surface area contributed by atoms with Crippen LogP contribution >= 0.6 is 0 Å². The first kappa shape index (κ1) is 13.8. The van der Waals surface area contributed by atoms with Crippen molar-refractivity contribution in [2.75, 3.05) is 6.54 Å². The van der Waals surface area contributed by atoms with E-state index in [1.807, 2.05) is 19.1 Å². The average Bonchev–Trinajstić information content (AvgIpc) is 2.88. The second kappa shape index (κ2) is 6.55. The Morgan fingerprint density at radius 2 is 2.30 bits per heavy atom. The molecule has 2 rings (SSSR count). The van der Waals surface area contributed by atoms with E-state index in [1.54, 1.807) is 18.5 Å². The molecular formula is C15H15N3O2. The first-order valence-electron chi connectivity index (χ1n) is 6.17. The number of hydrogen-bond donors (Lipinski definition) is 2. The zero-order chi connectivity index (χ0) is 14.4. The van der Waals surface area contributed by atoms with Crippen molar-refractivity contribution in [3.8, 4) is 11.8 Å². The van der Waals surface area contributed by atoms with E-state index < -0.39 is 0 Å². The van der Waals surface area contributed by atoms with E-state index in [0.717, 1.165) is 5.76 Å². The summed E-state index contributed by atoms with van der Waals surface area (Å²) in [6, 6.07) is 5.31. The monoisotopic (exact) mass is 269 g/mol. The van der Waals surface area contributed by atoms with Crippen molar-refractivity contribution < 1.29 is 9.21 Å². The van der Waals surface area contributed by atoms with Gasteiger partial charge >= 0.3 is 0 Å². The topological polar surface area (TPSA) is 81.2 Å². The van der Waals surface area contributed by atoms with Gasteiger partial charge in [0.15, 0.2) is 0 Å². The molecule has 2 aromatic rings. The van der Waals surface area contributed by atoms with Crippen LogP contribution in [0.5, 0.6) is 0 Å². The van der Waals surface area contributed by atoms with Crippen LogP contribution < -0.4 is 11.1 Å². The average molecular weight is 269 g/mol. The van der Waals surface area contributed by atoms with Crippen LogP contribution in [0.3, 0.4) is 0 Å². The van der Waals surface area contributed by atoms with Gasteiger partial charge in [0.25, 0.3) is 5.91 Å². The number of aromatic nitrogens is 1. The van der Waals surface area contributed by atoms with Gasteiger partial charge in [-0.05, 0) is 25.1 Å². The quantitative estimate of drug-likeness (QED) is 0.821. The Bertz CT molecular complexity index is 665. The Morgan fingerprint density at radius 3 is 3.00 bits per heavy atom. The highest BCUT2D eigenvalue weighted by molar-refractivity contribution is 5.96. The van der Waals surface area contributed by atoms with E-state index in [1.165, 1.54) is 0 Å². The molecule has 0 aliphatic rings. The fraction of sp³-hybridized carbons (Fsp3) is 0.200. The molecule has 0 bridgehead atoms. The van der Waals surface area contributed by atoms with Crippen LogP contribution in [-0.2, 0) is 6.54 Å². The number of nitrogens with two attached hydrogens (primary N) is 1. The van der Waals surface area contributed by atoms with E-state index in [-0.39, 0.29) is 12.5 Å². The first-order valence-corrected chi connectivity index (χ1v) is 6.17. The first-order chi connectivity index (χ1) is 9.70. The minimum Gasteiger partial charge on any atom is -0.465 e. The highest BCUT2D eigenvalue weighted by atomic mass is 16.3. The van der Waals surface area contributed by atoms with E-state index >= 15 is 0 Å². The minimum atomic E-state index is -0.220. The lowest BCUT2D eigenvalue weighted by atomic mass is 10.1. The van der Waals surface area contributed by atoms with Gasteiger partial charge in [-0.2, -0.15) is 0 Å². The van der Waals surface area contributed by atoms with E-state index in [0.29, 0.717) is 23.4 Å². The Labute approximate surface area is 117 Å². The molecule has 0 radical (unpaired) electrons. The van der Waals surface area contributed by atoms with E-state index in [4.69, 9.17) is 10.2 Å². The second-order valence-corrected chi connectivity index (χ2v) is 4.12. The van der Waals surface area contributed by atoms with Crippen molar-refractivity contribution in [2.24, 2.45) is 5.73 Å². The summed E-state index contributed by atoms with van der Waals surface area (Å²) >= 11 is 0. The molecule has 0 saturated heterocycles. The van der Waals surface area contributed by atoms with Gasteiger partial charge in [0.2, 0.25) is 0 Å². The zero-order valence-electron chi connectivity index (χ0n) is 11.1. The van der Waals surface area contributed by atoms with Gasteiger partial charge in [-0.3, -0.25) is 9.78 Å². The van der Waals surface area contributed by atoms with E-state index in [2.05, 4.69) is 22.1 Å². The highest BCUT2D eigenvalue weighted by Gasteiger charge is 2.10. The third-order valence-electron chi connectivity index (χ3n) is 2.61. The van der Waals surface area contributed by atoms with Crippen LogP contribution in [-0.4, -0.2) is 17.4 Å². The van der Waals surface area contributed by atoms with Crippen LogP contribution in [0, 0.1) is 18.8 Å². The van der Waals surface area contributed by atoms with Gasteiger partial charge in [-0.1, -0.05) is 11.8 Å². The predicted molar refractivity (Wildman–Crippen MR) is 74.8 cm³/mol. The molecular weight excluding hydrogens is 254 g/mol. The van der Waals surface area contributed by atoms with Crippen LogP contribution in [0.4, 0.5) is 0 Å². The van der Waals surface area contributed by atoms with Crippen molar-refractivity contribution >= 4 is 5.91 Å². The molecule has 0 fully saturated rings. The van der Waals surface area contributed by atoms with Crippen molar-refractivity contribution in [1.82, 2.24) is 10.3 Å². The van der Waals surface area contributed by atoms with Crippen LogP contribution in [0.15, 0.2) is 35.0 Å². The SMILES string of the molecule is Cc1ccc(CNC(=O)c2ccncc2C#CCN)o1. The number of amides is 1. The fourth-order valence-corrected chi connectivity index (χ4v) is 1.68. The lowest BCUT2D eigenvalue weighted by molar-refractivity contribution is 0.0947. The number of aryl methyl sites for hydroxylation is 1. The molecule has 1 amide bonds. The summed E-state index contributed by atoms with van der Waals surface area (Å²) in [5, 5.41) is 2.79. The summed E-state index contributed by atoms with van der Waals surface area (Å²) in [5.41, 5.74) is 6.37. The number of hydrogen-bond acceptors (Lipinski definition) is 4. The van der Waals surface area contributed by atoms with Gasteiger partial charge < -0.3 is 15.5 Å². The van der Waals surface area contributed by atoms with Crippen LogP contribution in [0.25, 0.3) is 0 Å². The Hall–Kier alpha value is -2.58. The number of nitrogens with one attached hydrogen (secondary N) is 1. The summed E-state index contributed by atoms with van der Waals surface area (Å²) < 4.78 is 5.39. The molecule has 2 heterocycles. The molecule has 0 aromatic carbocycles. The minimum absolute atomic E-state index is 0.220. The standard InChI is InChI=1S/C15H15N3O2/c1-11-4-5-13(20-11)10-18-15(19)14-6-8-17-9-12(14)3-2-7-16/h4-6,8-9H,7,10,16H2,1H3,(H,18,19). The number of furan rings is 1. The number of carbonyl (C=O) groups excluding carboxylic acids is 1. The molecule has 0 unspecified atom stereocenters. The molecule has 2 aromatic heterocycles. The maximum absolute atomic E-state index is 12.1. The lowest BCUT2D eigenvalue weighted by Gasteiger charge is -2.05. The number of carbonyl (C=O) groups is 1. The Kier molecular flexibility index (Phi) is 4.53. The predicted octanol–water partition coefficient (Wildman–Crippen LogP) is 1.22. The Balaban J connectivity index is 2.09. The van der Waals surface area contributed by atoms with Crippen molar-refractivity contribution in [1.29, 1.82) is 0 Å². The molecule has 20 heavy (non-hydrogen) atoms. The third kappa shape index (κ3) is 3.46. The molecule has 0 saturated carbocycles. The summed E-state index contributed by atoms with van der Waals surface area (Å²) in [6.07, 6.45) is 3.11. The second-order valence-electron chi connectivity index (χ2n) is 4.12. The maximum atomic E-state index is 12.1. The van der Waals surface area contributed by atoms with Crippen LogP contribution in [0.1, 0.15) is 27.4 Å². The summed E-state index contributed by atoms with van der Waals surface area (Å²) in [6.45, 7) is 2.43. The normalized spacial score (nSPS) is 9.70. The van der Waals surface area contributed by atoms with Crippen molar-refractivity contribution in [3.63, 3.8) is 0 Å². The zero-order valence-corrected chi connectivity index (χ0v) is 11.1. The molecule has 5 heteroatoms. The molecule has 0 aliphatic heterocycles. The van der Waals surface area contributed by atoms with Crippen molar-refractivity contribution in [3.05, 3.63) is 53.2 Å². The van der Waals surface area contributed by atoms with Gasteiger partial charge in [-0.25, -0.2) is 0 Å². The number of rotatable bonds is 3. The molecule has 0 spiro atoms. The lowest BCUT2D eigenvalue weighted by Crippen LogP contribution is -2.23. The third-order valence-corrected chi connectivity index (χ3v) is 2.61. The van der Waals surface area contributed by atoms with Gasteiger partial charge in [0.1, 0.15) is 11.5 Å². The van der Waals surface area contributed by atoms with Crippen molar-refractivity contribution in [2.45, 2.75) is 13.5 Å². The fourth-order valence-electron chi connectivity index (χ4n) is 1.68. The molecule has 0 atom stereocenters. The number of nitrogens with zero attached hydrogens (tertiary/aromatic N) is 1. The largest absolute Gasteiger partial charge is 0.465 e. The maximum Gasteiger partial charge on any atom is 0.253 e. The van der Waals surface area contributed by atoms with E-state index in [9.17, 15) is 4.79 Å². The molecule has 102 valence electrons. The Morgan fingerprint density at radius 1 is 1.45 bits per heavy atom. The summed E-state index contributed by atoms with van der Waals surface area (Å²) in [4.78, 5) is 16.1. The summed E-state index contributed by atoms with van der Waals surface area (Å²) in [7, 11) is 0. The van der Waals surface area contributed by atoms with Gasteiger partial charge in [-0.15, -0.1) is 0 Å². The molecule has 3 N–H and O–H groups in total. The smallest absolute Gasteiger partial charge is 0.253 e.